The zero-order valence-corrected chi connectivity index (χ0v) is 13.3. The molecule has 1 aromatic carbocycles. The van der Waals surface area contributed by atoms with E-state index in [2.05, 4.69) is 24.2 Å². The van der Waals surface area contributed by atoms with E-state index in [1.807, 2.05) is 24.3 Å². The van der Waals surface area contributed by atoms with Crippen LogP contribution in [-0.2, 0) is 4.79 Å². The molecule has 116 valence electrons. The Kier molecular flexibility index (Phi) is 5.62. The van der Waals surface area contributed by atoms with Gasteiger partial charge in [0.1, 0.15) is 5.75 Å². The molecule has 2 atom stereocenters. The van der Waals surface area contributed by atoms with Gasteiger partial charge in [-0.25, -0.2) is 0 Å². The van der Waals surface area contributed by atoms with Gasteiger partial charge in [0.2, 0.25) is 5.91 Å². The summed E-state index contributed by atoms with van der Waals surface area (Å²) in [6, 6.07) is 8.02. The van der Waals surface area contributed by atoms with Gasteiger partial charge in [0.25, 0.3) is 0 Å². The Labute approximate surface area is 127 Å². The fourth-order valence-corrected chi connectivity index (χ4v) is 2.93. The van der Waals surface area contributed by atoms with E-state index in [1.54, 1.807) is 7.11 Å². The predicted molar refractivity (Wildman–Crippen MR) is 84.4 cm³/mol. The summed E-state index contributed by atoms with van der Waals surface area (Å²) in [6.45, 7) is 4.06. The maximum Gasteiger partial charge on any atom is 0.224 e. The van der Waals surface area contributed by atoms with Crippen molar-refractivity contribution in [2.75, 3.05) is 27.2 Å². The average molecular weight is 290 g/mol. The number of hydrogen-bond donors (Lipinski definition) is 1. The third-order valence-electron chi connectivity index (χ3n) is 4.24. The lowest BCUT2D eigenvalue weighted by Gasteiger charge is -2.30. The van der Waals surface area contributed by atoms with Crippen LogP contribution in [0.4, 0.5) is 0 Å². The van der Waals surface area contributed by atoms with Crippen LogP contribution >= 0.6 is 0 Å². The number of carbonyl (C=O) groups excluding carboxylic acids is 1. The van der Waals surface area contributed by atoms with Crippen molar-refractivity contribution in [2.45, 2.75) is 32.2 Å². The maximum atomic E-state index is 12.4. The van der Waals surface area contributed by atoms with Crippen LogP contribution in [0.3, 0.4) is 0 Å². The van der Waals surface area contributed by atoms with Gasteiger partial charge < -0.3 is 15.0 Å². The zero-order valence-electron chi connectivity index (χ0n) is 13.3. The van der Waals surface area contributed by atoms with Crippen molar-refractivity contribution in [3.8, 4) is 5.75 Å². The average Bonchev–Trinajstić information content (AvgIpc) is 2.52. The molecule has 1 aliphatic heterocycles. The molecule has 1 heterocycles. The molecular formula is C17H26N2O2. The highest BCUT2D eigenvalue weighted by atomic mass is 16.5. The number of hydrogen-bond acceptors (Lipinski definition) is 3. The number of methoxy groups -OCH3 is 1. The van der Waals surface area contributed by atoms with Crippen molar-refractivity contribution in [3.05, 3.63) is 29.8 Å². The van der Waals surface area contributed by atoms with E-state index in [4.69, 9.17) is 4.74 Å². The molecule has 0 aromatic heterocycles. The molecule has 4 nitrogen and oxygen atoms in total. The first-order valence-corrected chi connectivity index (χ1v) is 7.77. The van der Waals surface area contributed by atoms with E-state index in [-0.39, 0.29) is 17.9 Å². The Hall–Kier alpha value is -1.55. The highest BCUT2D eigenvalue weighted by Crippen LogP contribution is 2.22. The fourth-order valence-electron chi connectivity index (χ4n) is 2.93. The minimum atomic E-state index is 0.0793. The molecular weight excluding hydrogens is 264 g/mol. The van der Waals surface area contributed by atoms with Gasteiger partial charge in [0, 0.05) is 6.54 Å². The minimum absolute atomic E-state index is 0.0793. The molecule has 0 spiro atoms. The smallest absolute Gasteiger partial charge is 0.224 e. The van der Waals surface area contributed by atoms with Crippen LogP contribution in [0.25, 0.3) is 0 Å². The molecule has 0 aliphatic carbocycles. The summed E-state index contributed by atoms with van der Waals surface area (Å²) in [6.07, 6.45) is 2.99. The van der Waals surface area contributed by atoms with Crippen LogP contribution in [0.2, 0.25) is 0 Å². The number of amides is 1. The predicted octanol–water partition coefficient (Wildman–Crippen LogP) is 2.60. The van der Waals surface area contributed by atoms with E-state index in [0.717, 1.165) is 43.7 Å². The molecule has 0 saturated carbocycles. The summed E-state index contributed by atoms with van der Waals surface area (Å²) < 4.78 is 5.18. The summed E-state index contributed by atoms with van der Waals surface area (Å²) in [4.78, 5) is 14.7. The first-order valence-electron chi connectivity index (χ1n) is 7.77. The molecule has 1 fully saturated rings. The summed E-state index contributed by atoms with van der Waals surface area (Å²) in [5, 5.41) is 3.20. The van der Waals surface area contributed by atoms with Crippen LogP contribution in [0.1, 0.15) is 37.8 Å². The second kappa shape index (κ2) is 7.46. The van der Waals surface area contributed by atoms with Gasteiger partial charge in [-0.1, -0.05) is 19.1 Å². The molecule has 2 unspecified atom stereocenters. The third kappa shape index (κ3) is 4.21. The number of carbonyl (C=O) groups is 1. The van der Waals surface area contributed by atoms with Crippen molar-refractivity contribution in [1.82, 2.24) is 10.2 Å². The van der Waals surface area contributed by atoms with Gasteiger partial charge in [-0.05, 0) is 50.6 Å². The van der Waals surface area contributed by atoms with E-state index >= 15 is 0 Å². The van der Waals surface area contributed by atoms with Crippen molar-refractivity contribution in [2.24, 2.45) is 5.92 Å². The minimum Gasteiger partial charge on any atom is -0.497 e. The van der Waals surface area contributed by atoms with Crippen molar-refractivity contribution in [3.63, 3.8) is 0 Å². The van der Waals surface area contributed by atoms with E-state index < -0.39 is 0 Å². The molecule has 1 aliphatic rings. The second-order valence-corrected chi connectivity index (χ2v) is 5.84. The topological polar surface area (TPSA) is 41.6 Å². The molecule has 4 heteroatoms. The monoisotopic (exact) mass is 290 g/mol. The third-order valence-corrected chi connectivity index (χ3v) is 4.24. The number of nitrogens with zero attached hydrogens (tertiary/aromatic N) is 1. The van der Waals surface area contributed by atoms with Crippen molar-refractivity contribution < 1.29 is 9.53 Å². The summed E-state index contributed by atoms with van der Waals surface area (Å²) in [5.74, 6) is 1.15. The van der Waals surface area contributed by atoms with Crippen LogP contribution in [0.5, 0.6) is 5.75 Å². The summed E-state index contributed by atoms with van der Waals surface area (Å²) in [5.41, 5.74) is 1.14. The van der Waals surface area contributed by atoms with Crippen LogP contribution in [-0.4, -0.2) is 38.1 Å². The molecule has 1 aromatic rings. The Morgan fingerprint density at radius 2 is 2.14 bits per heavy atom. The number of likely N-dealkylation sites (tertiary alicyclic amines) is 1. The van der Waals surface area contributed by atoms with Crippen molar-refractivity contribution in [1.29, 1.82) is 0 Å². The summed E-state index contributed by atoms with van der Waals surface area (Å²) >= 11 is 0. The Morgan fingerprint density at radius 3 is 2.71 bits per heavy atom. The van der Waals surface area contributed by atoms with E-state index in [0.29, 0.717) is 0 Å². The number of nitrogens with one attached hydrogen (secondary N) is 1. The van der Waals surface area contributed by atoms with Gasteiger partial charge in [0.05, 0.1) is 19.1 Å². The van der Waals surface area contributed by atoms with Gasteiger partial charge >= 0.3 is 0 Å². The van der Waals surface area contributed by atoms with Crippen molar-refractivity contribution >= 4 is 5.91 Å². The van der Waals surface area contributed by atoms with Gasteiger partial charge in [-0.2, -0.15) is 0 Å². The lowest BCUT2D eigenvalue weighted by Crippen LogP contribution is -2.42. The first kappa shape index (κ1) is 15.8. The number of piperidine rings is 1. The standard InChI is InChI=1S/C17H26N2O2/c1-4-16(13-7-9-15(21-3)10-8-13)18-17(20)14-6-5-11-19(2)12-14/h7-10,14,16H,4-6,11-12H2,1-3H3,(H,18,20). The van der Waals surface area contributed by atoms with Crippen LogP contribution in [0, 0.1) is 5.92 Å². The fraction of sp³-hybridized carbons (Fsp3) is 0.588. The Bertz CT molecular complexity index is 458. The van der Waals surface area contributed by atoms with Gasteiger partial charge in [-0.15, -0.1) is 0 Å². The molecule has 1 N–H and O–H groups in total. The van der Waals surface area contributed by atoms with E-state index in [1.165, 1.54) is 0 Å². The summed E-state index contributed by atoms with van der Waals surface area (Å²) in [7, 11) is 3.74. The largest absolute Gasteiger partial charge is 0.497 e. The highest BCUT2D eigenvalue weighted by molar-refractivity contribution is 5.79. The molecule has 21 heavy (non-hydrogen) atoms. The zero-order chi connectivity index (χ0) is 15.2. The normalized spacial score (nSPS) is 20.8. The Balaban J connectivity index is 1.98. The molecule has 1 amide bonds. The maximum absolute atomic E-state index is 12.4. The molecule has 1 saturated heterocycles. The number of ether oxygens (including phenoxy) is 1. The lowest BCUT2D eigenvalue weighted by molar-refractivity contribution is -0.127. The van der Waals surface area contributed by atoms with Crippen LogP contribution in [0.15, 0.2) is 24.3 Å². The SMILES string of the molecule is CCC(NC(=O)C1CCCN(C)C1)c1ccc(OC)cc1. The number of benzene rings is 1. The van der Waals surface area contributed by atoms with Gasteiger partial charge in [0.15, 0.2) is 0 Å². The lowest BCUT2D eigenvalue weighted by atomic mass is 9.96. The highest BCUT2D eigenvalue weighted by Gasteiger charge is 2.25. The van der Waals surface area contributed by atoms with Gasteiger partial charge in [-0.3, -0.25) is 4.79 Å². The Morgan fingerprint density at radius 1 is 1.43 bits per heavy atom. The number of rotatable bonds is 5. The quantitative estimate of drug-likeness (QED) is 0.906. The molecule has 0 radical (unpaired) electrons. The second-order valence-electron chi connectivity index (χ2n) is 5.84. The molecule has 2 rings (SSSR count). The van der Waals surface area contributed by atoms with E-state index in [9.17, 15) is 4.79 Å². The van der Waals surface area contributed by atoms with Crippen LogP contribution < -0.4 is 10.1 Å². The first-order chi connectivity index (χ1) is 10.1. The molecule has 0 bridgehead atoms.